The molecule has 2 aliphatic heterocycles. The van der Waals surface area contributed by atoms with Crippen LogP contribution in [0.2, 0.25) is 5.02 Å². The summed E-state index contributed by atoms with van der Waals surface area (Å²) in [7, 11) is 0. The Morgan fingerprint density at radius 2 is 1.89 bits per heavy atom. The summed E-state index contributed by atoms with van der Waals surface area (Å²) in [5, 5.41) is 12.3. The van der Waals surface area contributed by atoms with Gasteiger partial charge in [0.2, 0.25) is 6.79 Å². The van der Waals surface area contributed by atoms with Crippen LogP contribution in [-0.4, -0.2) is 40.2 Å². The number of halogens is 1. The van der Waals surface area contributed by atoms with Gasteiger partial charge in [0, 0.05) is 18.1 Å². The molecule has 196 valence electrons. The van der Waals surface area contributed by atoms with Crippen molar-refractivity contribution in [3.8, 4) is 11.5 Å². The van der Waals surface area contributed by atoms with Gasteiger partial charge in [0.15, 0.2) is 16.3 Å². The number of fused-ring (bicyclic) bond motifs is 2. The van der Waals surface area contributed by atoms with Crippen molar-refractivity contribution in [2.24, 2.45) is 4.99 Å². The molecule has 3 aromatic rings. The molecule has 0 unspecified atom stereocenters. The van der Waals surface area contributed by atoms with E-state index in [1.54, 1.807) is 36.1 Å². The maximum Gasteiger partial charge on any atom is 0.280 e. The minimum absolute atomic E-state index is 0.0398. The molecule has 1 amide bonds. The molecule has 2 aromatic carbocycles. The van der Waals surface area contributed by atoms with E-state index in [1.165, 1.54) is 22.8 Å². The Morgan fingerprint density at radius 1 is 1.24 bits per heavy atom. The number of nitrogens with zero attached hydrogens (tertiary/aromatic N) is 4. The highest BCUT2D eigenvalue weighted by Gasteiger charge is 2.34. The van der Waals surface area contributed by atoms with Crippen LogP contribution in [0.5, 0.6) is 11.5 Å². The number of allylic oxidation sites excluding steroid dienone is 1. The number of nitro groups is 1. The highest BCUT2D eigenvalue weighted by atomic mass is 35.5. The highest BCUT2D eigenvalue weighted by Crippen LogP contribution is 2.38. The van der Waals surface area contributed by atoms with Gasteiger partial charge in [0.1, 0.15) is 0 Å². The standard InChI is InChI=1S/C26H23ClN4O6S/c1-4-29(5-2)25(33)22-14(3)28-26-30(23(22)15-6-8-17(27)9-7-15)24(32)21(38-26)11-16-10-19-20(37-13-36-19)12-18(16)31(34)35/h6-12,23H,4-5,13H2,1-3H3/b21-11+/t23-/m0/s1. The summed E-state index contributed by atoms with van der Waals surface area (Å²) in [6, 6.07) is 8.99. The highest BCUT2D eigenvalue weighted by molar-refractivity contribution is 7.07. The Labute approximate surface area is 225 Å². The maximum atomic E-state index is 13.9. The molecule has 0 aliphatic carbocycles. The fourth-order valence-corrected chi connectivity index (χ4v) is 5.76. The predicted molar refractivity (Wildman–Crippen MR) is 142 cm³/mol. The number of nitro benzene ring substituents is 1. The zero-order chi connectivity index (χ0) is 27.1. The summed E-state index contributed by atoms with van der Waals surface area (Å²) in [5.41, 5.74) is 1.15. The SMILES string of the molecule is CCN(CC)C(=O)C1=C(C)N=c2s/c(=C/c3cc4c(cc3[N+](=O)[O-])OCO4)c(=O)n2[C@H]1c1ccc(Cl)cc1. The smallest absolute Gasteiger partial charge is 0.280 e. The second-order valence-corrected chi connectivity index (χ2v) is 10.1. The molecule has 0 saturated carbocycles. The number of amides is 1. The number of hydrogen-bond acceptors (Lipinski definition) is 8. The van der Waals surface area contributed by atoms with Crippen molar-refractivity contribution in [1.82, 2.24) is 9.47 Å². The van der Waals surface area contributed by atoms with Crippen LogP contribution in [-0.2, 0) is 4.79 Å². The van der Waals surface area contributed by atoms with Crippen molar-refractivity contribution in [2.75, 3.05) is 19.9 Å². The van der Waals surface area contributed by atoms with Gasteiger partial charge in [-0.15, -0.1) is 0 Å². The van der Waals surface area contributed by atoms with E-state index < -0.39 is 16.5 Å². The molecule has 38 heavy (non-hydrogen) atoms. The molecule has 0 fully saturated rings. The first-order valence-electron chi connectivity index (χ1n) is 11.9. The maximum absolute atomic E-state index is 13.9. The Bertz CT molecular complexity index is 1670. The summed E-state index contributed by atoms with van der Waals surface area (Å²) in [5.74, 6) is 0.418. The molecule has 0 N–H and O–H groups in total. The Morgan fingerprint density at radius 3 is 2.53 bits per heavy atom. The lowest BCUT2D eigenvalue weighted by molar-refractivity contribution is -0.385. The van der Waals surface area contributed by atoms with Gasteiger partial charge in [0.05, 0.1) is 38.4 Å². The van der Waals surface area contributed by atoms with Crippen LogP contribution >= 0.6 is 22.9 Å². The van der Waals surface area contributed by atoms with Crippen LogP contribution in [0.4, 0.5) is 5.69 Å². The average molecular weight is 555 g/mol. The number of hydrogen-bond donors (Lipinski definition) is 0. The largest absolute Gasteiger partial charge is 0.454 e. The number of benzene rings is 2. The molecule has 1 aromatic heterocycles. The zero-order valence-corrected chi connectivity index (χ0v) is 22.3. The Balaban J connectivity index is 1.74. The fourth-order valence-electron chi connectivity index (χ4n) is 4.60. The lowest BCUT2D eigenvalue weighted by Crippen LogP contribution is -2.43. The van der Waals surface area contributed by atoms with Crippen molar-refractivity contribution < 1.29 is 19.2 Å². The number of ether oxygens (including phenoxy) is 2. The number of carbonyl (C=O) groups is 1. The van der Waals surface area contributed by atoms with E-state index >= 15 is 0 Å². The summed E-state index contributed by atoms with van der Waals surface area (Å²) < 4.78 is 12.4. The van der Waals surface area contributed by atoms with E-state index in [0.717, 1.165) is 11.3 Å². The van der Waals surface area contributed by atoms with E-state index in [1.807, 2.05) is 13.8 Å². The minimum Gasteiger partial charge on any atom is -0.454 e. The third kappa shape index (κ3) is 4.37. The summed E-state index contributed by atoms with van der Waals surface area (Å²) in [4.78, 5) is 45.4. The lowest BCUT2D eigenvalue weighted by Gasteiger charge is -2.29. The van der Waals surface area contributed by atoms with Gasteiger partial charge in [-0.1, -0.05) is 35.1 Å². The summed E-state index contributed by atoms with van der Waals surface area (Å²) >= 11 is 7.23. The number of rotatable bonds is 6. The summed E-state index contributed by atoms with van der Waals surface area (Å²) in [6.45, 7) is 6.49. The number of likely N-dealkylation sites (N-methyl/N-ethyl adjacent to an activating group) is 1. The van der Waals surface area contributed by atoms with E-state index in [0.29, 0.717) is 45.5 Å². The topological polar surface area (TPSA) is 116 Å². The van der Waals surface area contributed by atoms with Gasteiger partial charge in [0.25, 0.3) is 17.2 Å². The molecule has 2 aliphatic rings. The number of carbonyl (C=O) groups excluding carboxylic acids is 1. The average Bonchev–Trinajstić information content (AvgIpc) is 3.47. The van der Waals surface area contributed by atoms with Crippen LogP contribution < -0.4 is 24.4 Å². The summed E-state index contributed by atoms with van der Waals surface area (Å²) in [6.07, 6.45) is 1.45. The van der Waals surface area contributed by atoms with Crippen molar-refractivity contribution in [3.05, 3.63) is 93.6 Å². The quantitative estimate of drug-likeness (QED) is 0.341. The van der Waals surface area contributed by atoms with E-state index in [2.05, 4.69) is 4.99 Å². The first-order chi connectivity index (χ1) is 18.2. The monoisotopic (exact) mass is 554 g/mol. The van der Waals surface area contributed by atoms with Crippen molar-refractivity contribution >= 4 is 40.6 Å². The van der Waals surface area contributed by atoms with Gasteiger partial charge < -0.3 is 14.4 Å². The lowest BCUT2D eigenvalue weighted by atomic mass is 9.94. The van der Waals surface area contributed by atoms with Crippen LogP contribution in [0, 0.1) is 10.1 Å². The molecule has 0 bridgehead atoms. The van der Waals surface area contributed by atoms with Crippen LogP contribution in [0.25, 0.3) is 6.08 Å². The van der Waals surface area contributed by atoms with E-state index in [4.69, 9.17) is 21.1 Å². The minimum atomic E-state index is -0.745. The normalized spacial score (nSPS) is 16.3. The molecule has 10 nitrogen and oxygen atoms in total. The second-order valence-electron chi connectivity index (χ2n) is 8.63. The predicted octanol–water partition coefficient (Wildman–Crippen LogP) is 3.39. The molecule has 5 rings (SSSR count). The van der Waals surface area contributed by atoms with E-state index in [9.17, 15) is 19.7 Å². The van der Waals surface area contributed by atoms with Crippen molar-refractivity contribution in [3.63, 3.8) is 0 Å². The van der Waals surface area contributed by atoms with Gasteiger partial charge in [-0.05, 0) is 50.6 Å². The number of thiazole rings is 1. The third-order valence-electron chi connectivity index (χ3n) is 6.49. The first-order valence-corrected chi connectivity index (χ1v) is 13.1. The Hall–Kier alpha value is -3.96. The van der Waals surface area contributed by atoms with Gasteiger partial charge in [-0.3, -0.25) is 24.3 Å². The second kappa shape index (κ2) is 10.1. The molecule has 12 heteroatoms. The molecule has 3 heterocycles. The molecule has 1 atom stereocenters. The molecular weight excluding hydrogens is 532 g/mol. The van der Waals surface area contributed by atoms with Gasteiger partial charge in [-0.2, -0.15) is 0 Å². The van der Waals surface area contributed by atoms with Gasteiger partial charge in [-0.25, -0.2) is 4.99 Å². The van der Waals surface area contributed by atoms with Gasteiger partial charge >= 0.3 is 0 Å². The first kappa shape index (κ1) is 25.7. The number of aromatic nitrogens is 1. The van der Waals surface area contributed by atoms with Crippen LogP contribution in [0.3, 0.4) is 0 Å². The van der Waals surface area contributed by atoms with Crippen LogP contribution in [0.15, 0.2) is 57.5 Å². The van der Waals surface area contributed by atoms with Crippen molar-refractivity contribution in [1.29, 1.82) is 0 Å². The zero-order valence-electron chi connectivity index (χ0n) is 20.8. The fraction of sp³-hybridized carbons (Fsp3) is 0.269. The van der Waals surface area contributed by atoms with Crippen LogP contribution in [0.1, 0.15) is 37.9 Å². The van der Waals surface area contributed by atoms with E-state index in [-0.39, 0.29) is 34.2 Å². The molecule has 0 saturated heterocycles. The third-order valence-corrected chi connectivity index (χ3v) is 7.73. The van der Waals surface area contributed by atoms with Crippen molar-refractivity contribution in [2.45, 2.75) is 26.8 Å². The molecule has 0 spiro atoms. The molecule has 0 radical (unpaired) electrons. The Kier molecular flexibility index (Phi) is 6.80. The molecular formula is C26H23ClN4O6S.